The fraction of sp³-hybridized carbons (Fsp3) is 0.0652. The second-order valence-corrected chi connectivity index (χ2v) is 28.8. The van der Waals surface area contributed by atoms with Crippen LogP contribution in [0.5, 0.6) is 0 Å². The zero-order chi connectivity index (χ0) is 95.3. The molecule has 10 aromatic rings. The molecule has 134 heavy (non-hydrogen) atoms. The summed E-state index contributed by atoms with van der Waals surface area (Å²) in [6, 6.07) is 52.5. The highest BCUT2D eigenvalue weighted by Gasteiger charge is 2.52. The number of rotatable bonds is 8. The first-order valence-corrected chi connectivity index (χ1v) is 38.0. The molecule has 40 nitrogen and oxygen atoms in total. The third-order valence-corrected chi connectivity index (χ3v) is 20.7. The van der Waals surface area contributed by atoms with E-state index in [0.29, 0.717) is 27.1 Å². The summed E-state index contributed by atoms with van der Waals surface area (Å²) in [6.07, 6.45) is 0. The number of allylic oxidation sites excluding steroid dienone is 4. The number of hydrogen-bond acceptors (Lipinski definition) is 33. The quantitative estimate of drug-likeness (QED) is 0.0848. The van der Waals surface area contributed by atoms with Crippen LogP contribution >= 0.6 is 11.6 Å². The van der Waals surface area contributed by atoms with E-state index in [1.807, 2.05) is 58.0 Å². The van der Waals surface area contributed by atoms with Gasteiger partial charge in [0, 0.05) is 38.8 Å². The summed E-state index contributed by atoms with van der Waals surface area (Å²) in [5.41, 5.74) is 0.477. The normalized spacial score (nSPS) is 14.6. The number of nitrogens with zero attached hydrogens (tertiary/aromatic N) is 38. The first-order chi connectivity index (χ1) is 64.8. The summed E-state index contributed by atoms with van der Waals surface area (Å²) < 4.78 is 12.2. The van der Waals surface area contributed by atoms with Crippen LogP contribution < -0.4 is 69.7 Å². The van der Waals surface area contributed by atoms with E-state index in [1.54, 1.807) is 36.4 Å². The second-order valence-electron chi connectivity index (χ2n) is 28.5. The molecule has 0 bridgehead atoms. The number of hydrogen-bond donors (Lipinski definition) is 0. The van der Waals surface area contributed by atoms with Crippen molar-refractivity contribution in [3.63, 3.8) is 0 Å². The minimum atomic E-state index is -0.748. The molecule has 7 aliphatic heterocycles. The van der Waals surface area contributed by atoms with Crippen molar-refractivity contribution in [1.29, 1.82) is 68.4 Å². The Morgan fingerprint density at radius 3 is 1.11 bits per heavy atom. The van der Waals surface area contributed by atoms with Gasteiger partial charge in [-0.3, -0.25) is 4.99 Å². The van der Waals surface area contributed by atoms with Crippen LogP contribution in [0.2, 0.25) is 5.28 Å². The van der Waals surface area contributed by atoms with Crippen molar-refractivity contribution >= 4 is 46.8 Å². The van der Waals surface area contributed by atoms with Gasteiger partial charge in [-0.25, -0.2) is 110 Å². The van der Waals surface area contributed by atoms with Crippen molar-refractivity contribution < 1.29 is 9.31 Å². The average Bonchev–Trinajstić information content (AvgIpc) is 1.53. The smallest absolute Gasteiger partial charge is 0.399 e. The van der Waals surface area contributed by atoms with Gasteiger partial charge in [0.2, 0.25) is 22.5 Å². The Bertz CT molecular complexity index is 8950. The molecule has 2 aromatic heterocycles. The van der Waals surface area contributed by atoms with Crippen LogP contribution in [0, 0.1) is 193 Å². The number of halogens is 1. The number of fused-ring (bicyclic) bond motifs is 6. The van der Waals surface area contributed by atoms with Gasteiger partial charge in [0.15, 0.2) is 69.5 Å². The molecule has 0 radical (unpaired) electrons. The van der Waals surface area contributed by atoms with E-state index in [-0.39, 0.29) is 229 Å². The Kier molecular flexibility index (Phi) is 22.8. The SMILES string of the molecule is [C-]#[N+]/C(=C1/N=c2ccc(-c3nc(-c4ccc5c(c4C#N)=N/C(=C(\C#N)[N+]#[C-])N=5)nc(-c4ccc5c(c4C#N)=N/C(=C(\C#N)[N+]#[C-])N=5)n3)c([N+]#[C-])c2=N1)c1cc(C#N)cc(C#N)c1.[C-]#[N+]C([N+]#[C-])=C1N=c2ccc(-c3nc(Cl)nc(-c4ccc5c(c4C#N)=NC(=C(C#N)C#N)N=5)n3)c(C#N)c2=N1.[C-]#[N+]c1cc(C#N)cc(/C(C#N)=C2/N=c3ccc(B4OC(C)(C)C(C)(C)O4)c(C#N)c3=N2)c1. The topological polar surface area (TPSA) is 584 Å². The molecule has 0 atom stereocenters. The number of nitriles is 13. The highest BCUT2D eigenvalue weighted by Crippen LogP contribution is 2.38. The lowest BCUT2D eigenvalue weighted by Gasteiger charge is -2.32. The van der Waals surface area contributed by atoms with E-state index in [9.17, 15) is 57.9 Å². The van der Waals surface area contributed by atoms with Crippen LogP contribution in [-0.4, -0.2) is 48.2 Å². The lowest BCUT2D eigenvalue weighted by atomic mass is 9.76. The third-order valence-electron chi connectivity index (χ3n) is 20.5. The highest BCUT2D eigenvalue weighted by atomic mass is 35.5. The summed E-state index contributed by atoms with van der Waals surface area (Å²) in [4.78, 5) is 102. The maximum Gasteiger partial charge on any atom is 0.564 e. The molecule has 8 aromatic carbocycles. The van der Waals surface area contributed by atoms with Crippen LogP contribution in [0.15, 0.2) is 227 Å². The summed E-state index contributed by atoms with van der Waals surface area (Å²) in [7, 11) is -0.748. The van der Waals surface area contributed by atoms with Crippen molar-refractivity contribution in [2.24, 2.45) is 59.9 Å². The molecule has 42 heteroatoms. The molecular formula is C92H30BClN38O2. The first kappa shape index (κ1) is 86.8. The zero-order valence-electron chi connectivity index (χ0n) is 68.2. The Balaban J connectivity index is 0.000000163. The Hall–Kier alpha value is -22.1. The van der Waals surface area contributed by atoms with Gasteiger partial charge in [0.05, 0.1) is 151 Å². The monoisotopic (exact) mass is 1740 g/mol. The largest absolute Gasteiger partial charge is 0.564 e. The van der Waals surface area contributed by atoms with Crippen LogP contribution in [0.4, 0.5) is 11.4 Å². The van der Waals surface area contributed by atoms with Crippen LogP contribution in [0.3, 0.4) is 0 Å². The van der Waals surface area contributed by atoms with E-state index < -0.39 is 29.7 Å². The fourth-order valence-electron chi connectivity index (χ4n) is 13.7. The lowest BCUT2D eigenvalue weighted by molar-refractivity contribution is 0.00578. The molecule has 0 unspecified atom stereocenters. The van der Waals surface area contributed by atoms with Gasteiger partial charge in [-0.1, -0.05) is 12.1 Å². The highest BCUT2D eigenvalue weighted by molar-refractivity contribution is 6.62. The zero-order valence-corrected chi connectivity index (χ0v) is 68.9. The van der Waals surface area contributed by atoms with Crippen molar-refractivity contribution in [3.05, 3.63) is 372 Å². The molecule has 0 spiro atoms. The average molecular weight is 1750 g/mol. The summed E-state index contributed by atoms with van der Waals surface area (Å²) in [5, 5.41) is 128. The molecule has 0 amide bonds. The standard InChI is InChI=1S/C43H9N19.C25H4ClN13.C24H17BN6O2/c1-50-31(18-48)41-54-28-8-5-23(26(16-46)34(28)57-41)38-60-39(24-6-9-29-35(27(24)17-47)58-42(55-29)32(19-49)51-2)62-40(61-38)25-7-10-30-37(36(25)53-4)59-43(56-30)33(52-3)22-12-20(14-44)11-21(13-22)15-45;1-31-23(32-2)24-34-17-6-4-13(15(10-30)19(17)36-24)22-37-21(38-25(26)39-22)12-3-5-16-18(14(12)9-29)35-20(33-16)11(7-27)8-28;1-23(2)24(3,4)33-25(32-23)19-6-7-20-21(18(19)13-28)31-22(30-20)17(12-27)15-8-14(11-26)9-16(10-15)29-5/h5-13H;3-6H;6-10H,1-4H3/b41-31+,42-32+,43-33-;;22-17-. The Morgan fingerprint density at radius 2 is 0.701 bits per heavy atom. The minimum absolute atomic E-state index is 0.00425. The second kappa shape index (κ2) is 35.3. The van der Waals surface area contributed by atoms with Gasteiger partial charge in [-0.2, -0.15) is 77.5 Å². The molecule has 0 aliphatic carbocycles. The number of aromatic nitrogens is 6. The molecule has 0 N–H and O–H groups in total. The van der Waals surface area contributed by atoms with Gasteiger partial charge < -0.3 is 9.31 Å². The predicted octanol–water partition coefficient (Wildman–Crippen LogP) is 6.90. The van der Waals surface area contributed by atoms with Crippen LogP contribution in [-0.2, 0) is 9.31 Å². The summed E-state index contributed by atoms with van der Waals surface area (Å²) in [6.45, 7) is 60.1. The van der Waals surface area contributed by atoms with Gasteiger partial charge in [-0.05, 0) is 147 Å². The third kappa shape index (κ3) is 15.4. The Morgan fingerprint density at radius 1 is 0.336 bits per heavy atom. The molecular weight excluding hydrogens is 1720 g/mol. The Labute approximate surface area is 756 Å². The molecule has 7 aliphatic rings. The van der Waals surface area contributed by atoms with E-state index >= 15 is 0 Å². The van der Waals surface area contributed by atoms with Crippen molar-refractivity contribution in [2.45, 2.75) is 38.9 Å². The first-order valence-electron chi connectivity index (χ1n) is 37.6. The van der Waals surface area contributed by atoms with Crippen LogP contribution in [0.1, 0.15) is 83.3 Å². The van der Waals surface area contributed by atoms with Gasteiger partial charge in [0.25, 0.3) is 0 Å². The lowest BCUT2D eigenvalue weighted by Crippen LogP contribution is -2.42. The molecule has 9 heterocycles. The van der Waals surface area contributed by atoms with E-state index in [0.717, 1.165) is 0 Å². The van der Waals surface area contributed by atoms with Crippen molar-refractivity contribution in [1.82, 2.24) is 29.9 Å². The van der Waals surface area contributed by atoms with E-state index in [4.69, 9.17) is 87.4 Å². The van der Waals surface area contributed by atoms with E-state index in [2.05, 4.69) is 138 Å². The maximum absolute atomic E-state index is 10.5. The molecule has 17 rings (SSSR count). The molecule has 610 valence electrons. The van der Waals surface area contributed by atoms with Crippen molar-refractivity contribution in [3.8, 4) is 136 Å². The minimum Gasteiger partial charge on any atom is -0.399 e. The number of benzene rings is 8. The molecule has 0 saturated carbocycles. The predicted molar refractivity (Wildman–Crippen MR) is 454 cm³/mol. The molecule has 1 saturated heterocycles. The van der Waals surface area contributed by atoms with Crippen LogP contribution in [0.25, 0.3) is 102 Å². The molecule has 1 fully saturated rings. The summed E-state index contributed by atoms with van der Waals surface area (Å²) >= 11 is 6.21. The van der Waals surface area contributed by atoms with Crippen molar-refractivity contribution in [2.75, 3.05) is 0 Å². The fourth-order valence-corrected chi connectivity index (χ4v) is 13.8. The maximum atomic E-state index is 10.5. The van der Waals surface area contributed by atoms with Gasteiger partial charge >= 0.3 is 24.3 Å². The summed E-state index contributed by atoms with van der Waals surface area (Å²) in [5.74, 6) is -1.30. The van der Waals surface area contributed by atoms with E-state index in [1.165, 1.54) is 97.1 Å². The van der Waals surface area contributed by atoms with Gasteiger partial charge in [0.1, 0.15) is 94.1 Å². The van der Waals surface area contributed by atoms with Gasteiger partial charge in [-0.15, -0.1) is 0 Å².